The largest absolute Gasteiger partial charge is 0.294 e. The Morgan fingerprint density at radius 1 is 1.22 bits per heavy atom. The van der Waals surface area contributed by atoms with E-state index in [1.54, 1.807) is 11.3 Å². The lowest BCUT2D eigenvalue weighted by atomic mass is 10.0. The van der Waals surface area contributed by atoms with Crippen molar-refractivity contribution >= 4 is 17.1 Å². The predicted molar refractivity (Wildman–Crippen MR) is 75.4 cm³/mol. The Bertz CT molecular complexity index is 552. The average Bonchev–Trinajstić information content (AvgIpc) is 2.66. The number of hydrogen-bond donors (Lipinski definition) is 0. The van der Waals surface area contributed by atoms with Crippen molar-refractivity contribution in [1.29, 1.82) is 0 Å². The van der Waals surface area contributed by atoms with Gasteiger partial charge in [0.1, 0.15) is 0 Å². The highest BCUT2D eigenvalue weighted by atomic mass is 32.1. The van der Waals surface area contributed by atoms with Gasteiger partial charge in [-0.1, -0.05) is 24.3 Å². The van der Waals surface area contributed by atoms with E-state index in [-0.39, 0.29) is 5.78 Å². The summed E-state index contributed by atoms with van der Waals surface area (Å²) >= 11 is 1.69. The van der Waals surface area contributed by atoms with Crippen molar-refractivity contribution in [2.75, 3.05) is 0 Å². The molecule has 0 saturated carbocycles. The number of aromatic nitrogens is 1. The molecule has 0 atom stereocenters. The van der Waals surface area contributed by atoms with Crippen molar-refractivity contribution < 1.29 is 4.79 Å². The average molecular weight is 259 g/mol. The van der Waals surface area contributed by atoms with Crippen LogP contribution in [0, 0.1) is 20.8 Å². The second-order valence-electron chi connectivity index (χ2n) is 4.49. The van der Waals surface area contributed by atoms with Crippen LogP contribution in [0.3, 0.4) is 0 Å². The van der Waals surface area contributed by atoms with Gasteiger partial charge in [0.05, 0.1) is 10.7 Å². The molecule has 2 nitrogen and oxygen atoms in total. The van der Waals surface area contributed by atoms with Crippen molar-refractivity contribution in [3.05, 3.63) is 51.0 Å². The van der Waals surface area contributed by atoms with Gasteiger partial charge in [0.25, 0.3) is 0 Å². The fourth-order valence-corrected chi connectivity index (χ4v) is 2.82. The minimum Gasteiger partial charge on any atom is -0.294 e. The van der Waals surface area contributed by atoms with Gasteiger partial charge < -0.3 is 0 Å². The number of hydrogen-bond acceptors (Lipinski definition) is 3. The smallest absolute Gasteiger partial charge is 0.163 e. The molecule has 1 heterocycles. The van der Waals surface area contributed by atoms with Gasteiger partial charge in [-0.25, -0.2) is 4.98 Å². The Labute approximate surface area is 112 Å². The van der Waals surface area contributed by atoms with E-state index >= 15 is 0 Å². The van der Waals surface area contributed by atoms with Gasteiger partial charge in [-0.05, 0) is 26.3 Å². The summed E-state index contributed by atoms with van der Waals surface area (Å²) in [6, 6.07) is 7.75. The second-order valence-corrected chi connectivity index (χ2v) is 5.78. The van der Waals surface area contributed by atoms with Crippen LogP contribution in [0.25, 0.3) is 0 Å². The van der Waals surface area contributed by atoms with Crippen LogP contribution in [0.15, 0.2) is 24.3 Å². The molecule has 94 valence electrons. The van der Waals surface area contributed by atoms with Crippen molar-refractivity contribution in [2.24, 2.45) is 0 Å². The number of Topliss-reactive ketones (excluding diaryl/α,β-unsaturated/α-hetero) is 1. The number of nitrogens with zero attached hydrogens (tertiary/aromatic N) is 1. The zero-order valence-corrected chi connectivity index (χ0v) is 11.8. The SMILES string of the molecule is Cc1ccccc1C(=O)CCc1nc(C)c(C)s1. The van der Waals surface area contributed by atoms with E-state index in [4.69, 9.17) is 0 Å². The molecule has 2 aromatic rings. The molecule has 2 rings (SSSR count). The summed E-state index contributed by atoms with van der Waals surface area (Å²) in [7, 11) is 0. The van der Waals surface area contributed by atoms with Gasteiger partial charge in [-0.15, -0.1) is 11.3 Å². The maximum atomic E-state index is 12.1. The lowest BCUT2D eigenvalue weighted by molar-refractivity contribution is 0.0982. The van der Waals surface area contributed by atoms with Crippen LogP contribution in [0.1, 0.15) is 37.9 Å². The summed E-state index contributed by atoms with van der Waals surface area (Å²) in [4.78, 5) is 17.8. The molecule has 0 aliphatic heterocycles. The molecule has 1 aromatic heterocycles. The number of benzene rings is 1. The Morgan fingerprint density at radius 3 is 2.56 bits per heavy atom. The van der Waals surface area contributed by atoms with Gasteiger partial charge in [0.2, 0.25) is 0 Å². The first-order valence-electron chi connectivity index (χ1n) is 6.09. The molecule has 0 saturated heterocycles. The minimum absolute atomic E-state index is 0.207. The summed E-state index contributed by atoms with van der Waals surface area (Å²) in [6.07, 6.45) is 1.28. The van der Waals surface area contributed by atoms with Crippen LogP contribution in [-0.2, 0) is 6.42 Å². The number of carbonyl (C=O) groups is 1. The zero-order valence-electron chi connectivity index (χ0n) is 11.0. The van der Waals surface area contributed by atoms with Crippen molar-refractivity contribution in [3.63, 3.8) is 0 Å². The molecule has 0 fully saturated rings. The molecule has 0 aliphatic carbocycles. The van der Waals surface area contributed by atoms with E-state index < -0.39 is 0 Å². The van der Waals surface area contributed by atoms with Crippen LogP contribution in [0.2, 0.25) is 0 Å². The maximum absolute atomic E-state index is 12.1. The fraction of sp³-hybridized carbons (Fsp3) is 0.333. The quantitative estimate of drug-likeness (QED) is 0.780. The molecule has 0 unspecified atom stereocenters. The standard InChI is InChI=1S/C15H17NOS/c1-10-6-4-5-7-13(10)14(17)8-9-15-16-11(2)12(3)18-15/h4-7H,8-9H2,1-3H3. The van der Waals surface area contributed by atoms with E-state index in [9.17, 15) is 4.79 Å². The summed E-state index contributed by atoms with van der Waals surface area (Å²) in [5.41, 5.74) is 2.97. The van der Waals surface area contributed by atoms with Crippen molar-refractivity contribution in [3.8, 4) is 0 Å². The molecule has 0 radical (unpaired) electrons. The summed E-state index contributed by atoms with van der Waals surface area (Å²) < 4.78 is 0. The summed E-state index contributed by atoms with van der Waals surface area (Å²) in [5.74, 6) is 0.207. The van der Waals surface area contributed by atoms with Gasteiger partial charge in [-0.3, -0.25) is 4.79 Å². The highest BCUT2D eigenvalue weighted by Gasteiger charge is 2.10. The third kappa shape index (κ3) is 2.85. The zero-order chi connectivity index (χ0) is 13.1. The van der Waals surface area contributed by atoms with E-state index in [2.05, 4.69) is 11.9 Å². The van der Waals surface area contributed by atoms with Gasteiger partial charge in [0.15, 0.2) is 5.78 Å². The van der Waals surface area contributed by atoms with Crippen LogP contribution < -0.4 is 0 Å². The fourth-order valence-electron chi connectivity index (χ4n) is 1.89. The van der Waals surface area contributed by atoms with Crippen LogP contribution in [0.5, 0.6) is 0 Å². The third-order valence-corrected chi connectivity index (χ3v) is 4.22. The number of aryl methyl sites for hydroxylation is 4. The highest BCUT2D eigenvalue weighted by molar-refractivity contribution is 7.11. The predicted octanol–water partition coefficient (Wildman–Crippen LogP) is 3.88. The Kier molecular flexibility index (Phi) is 3.92. The number of ketones is 1. The van der Waals surface area contributed by atoms with E-state index in [1.165, 1.54) is 4.88 Å². The summed E-state index contributed by atoms with van der Waals surface area (Å²) in [5, 5.41) is 1.06. The lowest BCUT2D eigenvalue weighted by Gasteiger charge is -2.03. The van der Waals surface area contributed by atoms with E-state index in [0.717, 1.165) is 28.2 Å². The van der Waals surface area contributed by atoms with Crippen molar-refractivity contribution in [2.45, 2.75) is 33.6 Å². The molecule has 3 heteroatoms. The topological polar surface area (TPSA) is 30.0 Å². The van der Waals surface area contributed by atoms with Crippen LogP contribution in [0.4, 0.5) is 0 Å². The Balaban J connectivity index is 2.03. The third-order valence-electron chi connectivity index (χ3n) is 3.08. The minimum atomic E-state index is 0.207. The molecule has 0 spiro atoms. The lowest BCUT2D eigenvalue weighted by Crippen LogP contribution is -2.03. The molecule has 0 bridgehead atoms. The normalized spacial score (nSPS) is 10.6. The first kappa shape index (κ1) is 13.0. The van der Waals surface area contributed by atoms with E-state index in [1.807, 2.05) is 38.1 Å². The molecule has 0 amide bonds. The van der Waals surface area contributed by atoms with Gasteiger partial charge in [-0.2, -0.15) is 0 Å². The second kappa shape index (κ2) is 5.44. The highest BCUT2D eigenvalue weighted by Crippen LogP contribution is 2.19. The van der Waals surface area contributed by atoms with Crippen molar-refractivity contribution in [1.82, 2.24) is 4.98 Å². The first-order chi connectivity index (χ1) is 8.58. The molecule has 0 aliphatic rings. The first-order valence-corrected chi connectivity index (χ1v) is 6.91. The van der Waals surface area contributed by atoms with Gasteiger partial charge >= 0.3 is 0 Å². The number of rotatable bonds is 4. The number of carbonyl (C=O) groups excluding carboxylic acids is 1. The monoisotopic (exact) mass is 259 g/mol. The molecular weight excluding hydrogens is 242 g/mol. The van der Waals surface area contributed by atoms with Gasteiger partial charge in [0, 0.05) is 23.3 Å². The molecule has 0 N–H and O–H groups in total. The van der Waals surface area contributed by atoms with Crippen LogP contribution in [-0.4, -0.2) is 10.8 Å². The summed E-state index contributed by atoms with van der Waals surface area (Å²) in [6.45, 7) is 6.06. The number of thiazole rings is 1. The molecular formula is C15H17NOS. The van der Waals surface area contributed by atoms with Crippen LogP contribution >= 0.6 is 11.3 Å². The Hall–Kier alpha value is -1.48. The molecule has 18 heavy (non-hydrogen) atoms. The maximum Gasteiger partial charge on any atom is 0.163 e. The molecule has 1 aromatic carbocycles. The Morgan fingerprint density at radius 2 is 1.94 bits per heavy atom. The van der Waals surface area contributed by atoms with E-state index in [0.29, 0.717) is 6.42 Å².